The Morgan fingerprint density at radius 1 is 1.21 bits per heavy atom. The molecule has 3 rings (SSSR count). The summed E-state index contributed by atoms with van der Waals surface area (Å²) >= 11 is 6.22. The minimum Gasteiger partial charge on any atom is -0.336 e. The second kappa shape index (κ2) is 9.21. The van der Waals surface area contributed by atoms with E-state index >= 15 is 0 Å². The normalized spacial score (nSPS) is 15.7. The number of rotatable bonds is 6. The van der Waals surface area contributed by atoms with Gasteiger partial charge < -0.3 is 4.90 Å². The van der Waals surface area contributed by atoms with Crippen molar-refractivity contribution in [3.63, 3.8) is 0 Å². The average Bonchev–Trinajstić information content (AvgIpc) is 2.68. The number of carbonyl (C=O) groups is 1. The van der Waals surface area contributed by atoms with Gasteiger partial charge in [0.2, 0.25) is 10.0 Å². The van der Waals surface area contributed by atoms with Crippen LogP contribution in [0.3, 0.4) is 0 Å². The summed E-state index contributed by atoms with van der Waals surface area (Å²) in [6.45, 7) is 6.82. The van der Waals surface area contributed by atoms with Gasteiger partial charge in [0.05, 0.1) is 15.5 Å². The van der Waals surface area contributed by atoms with Gasteiger partial charge in [0.1, 0.15) is 0 Å². The second-order valence-electron chi connectivity index (χ2n) is 7.35. The third-order valence-electron chi connectivity index (χ3n) is 4.66. The number of carbonyl (C=O) groups excluding carboxylic acids is 1. The van der Waals surface area contributed by atoms with Gasteiger partial charge in [0, 0.05) is 51.2 Å². The Balaban J connectivity index is 1.69. The van der Waals surface area contributed by atoms with Gasteiger partial charge in [-0.3, -0.25) is 14.7 Å². The molecule has 0 atom stereocenters. The Kier molecular flexibility index (Phi) is 6.89. The van der Waals surface area contributed by atoms with Gasteiger partial charge in [-0.1, -0.05) is 17.7 Å². The lowest BCUT2D eigenvalue weighted by molar-refractivity contribution is 0.0628. The first-order chi connectivity index (χ1) is 13.8. The molecule has 0 saturated carbocycles. The molecule has 2 aromatic rings. The lowest BCUT2D eigenvalue weighted by Gasteiger charge is -2.35. The number of aromatic nitrogens is 1. The maximum Gasteiger partial charge on any atom is 0.255 e. The fourth-order valence-electron chi connectivity index (χ4n) is 3.24. The number of amides is 1. The van der Waals surface area contributed by atoms with E-state index in [1.165, 1.54) is 18.2 Å². The van der Waals surface area contributed by atoms with Crippen LogP contribution in [-0.2, 0) is 16.6 Å². The minimum atomic E-state index is -3.70. The molecule has 0 bridgehead atoms. The second-order valence-corrected chi connectivity index (χ2v) is 9.47. The fourth-order valence-corrected chi connectivity index (χ4v) is 4.72. The monoisotopic (exact) mass is 436 g/mol. The number of nitrogens with one attached hydrogen (secondary N) is 1. The highest BCUT2D eigenvalue weighted by Crippen LogP contribution is 2.23. The van der Waals surface area contributed by atoms with Gasteiger partial charge in [-0.2, -0.15) is 0 Å². The first-order valence-corrected chi connectivity index (χ1v) is 11.3. The highest BCUT2D eigenvalue weighted by atomic mass is 35.5. The number of nitrogens with zero attached hydrogens (tertiary/aromatic N) is 3. The van der Waals surface area contributed by atoms with Gasteiger partial charge in [0.15, 0.2) is 0 Å². The molecule has 9 heteroatoms. The molecular formula is C20H25ClN4O3S. The van der Waals surface area contributed by atoms with Crippen LogP contribution in [0.2, 0.25) is 5.02 Å². The van der Waals surface area contributed by atoms with Crippen LogP contribution in [0.15, 0.2) is 47.6 Å². The number of pyridine rings is 1. The molecule has 1 amide bonds. The van der Waals surface area contributed by atoms with Crippen LogP contribution in [0.4, 0.5) is 0 Å². The maximum absolute atomic E-state index is 13.0. The molecule has 0 unspecified atom stereocenters. The Morgan fingerprint density at radius 2 is 1.93 bits per heavy atom. The summed E-state index contributed by atoms with van der Waals surface area (Å²) in [7, 11) is -3.70. The highest BCUT2D eigenvalue weighted by Gasteiger charge is 2.25. The van der Waals surface area contributed by atoms with E-state index in [0.29, 0.717) is 13.1 Å². The Morgan fingerprint density at radius 3 is 2.55 bits per heavy atom. The zero-order chi connectivity index (χ0) is 21.0. The molecule has 29 heavy (non-hydrogen) atoms. The number of hydrogen-bond acceptors (Lipinski definition) is 5. The van der Waals surface area contributed by atoms with Crippen LogP contribution in [0.25, 0.3) is 0 Å². The van der Waals surface area contributed by atoms with Crippen LogP contribution in [0.1, 0.15) is 29.8 Å². The van der Waals surface area contributed by atoms with E-state index in [9.17, 15) is 13.2 Å². The largest absolute Gasteiger partial charge is 0.336 e. The first kappa shape index (κ1) is 21.7. The molecule has 1 saturated heterocycles. The van der Waals surface area contributed by atoms with Crippen molar-refractivity contribution in [1.82, 2.24) is 19.5 Å². The van der Waals surface area contributed by atoms with Crippen molar-refractivity contribution in [2.75, 3.05) is 26.2 Å². The van der Waals surface area contributed by atoms with E-state index < -0.39 is 10.0 Å². The molecule has 1 fully saturated rings. The summed E-state index contributed by atoms with van der Waals surface area (Å²) in [5.74, 6) is -0.252. The van der Waals surface area contributed by atoms with Gasteiger partial charge in [-0.05, 0) is 43.7 Å². The van der Waals surface area contributed by atoms with Crippen molar-refractivity contribution in [2.45, 2.75) is 31.3 Å². The summed E-state index contributed by atoms with van der Waals surface area (Å²) < 4.78 is 27.4. The topological polar surface area (TPSA) is 82.6 Å². The number of hydrogen-bond donors (Lipinski definition) is 1. The van der Waals surface area contributed by atoms with Crippen molar-refractivity contribution in [3.8, 4) is 0 Å². The fraction of sp³-hybridized carbons (Fsp3) is 0.400. The van der Waals surface area contributed by atoms with E-state index in [1.807, 2.05) is 18.3 Å². The SMILES string of the molecule is CC(C)NS(=O)(=O)c1ccc(Cl)c(C(=O)N2CCN(Cc3cccnc3)CC2)c1. The van der Waals surface area contributed by atoms with E-state index in [-0.39, 0.29) is 27.4 Å². The number of benzene rings is 1. The highest BCUT2D eigenvalue weighted by molar-refractivity contribution is 7.89. The average molecular weight is 437 g/mol. The molecule has 1 aromatic carbocycles. The summed E-state index contributed by atoms with van der Waals surface area (Å²) in [5.41, 5.74) is 1.34. The van der Waals surface area contributed by atoms with E-state index in [1.54, 1.807) is 24.9 Å². The van der Waals surface area contributed by atoms with Crippen molar-refractivity contribution in [1.29, 1.82) is 0 Å². The third kappa shape index (κ3) is 5.54. The van der Waals surface area contributed by atoms with Gasteiger partial charge in [0.25, 0.3) is 5.91 Å². The molecule has 1 aromatic heterocycles. The number of piperazine rings is 1. The standard InChI is InChI=1S/C20H25ClN4O3S/c1-15(2)23-29(27,28)17-5-6-19(21)18(12-17)20(26)25-10-8-24(9-11-25)14-16-4-3-7-22-13-16/h3-7,12-13,15,23H,8-11,14H2,1-2H3. The predicted molar refractivity (Wildman–Crippen MR) is 112 cm³/mol. The van der Waals surface area contributed by atoms with E-state index in [2.05, 4.69) is 14.6 Å². The Hall–Kier alpha value is -2.00. The summed E-state index contributed by atoms with van der Waals surface area (Å²) in [6.07, 6.45) is 3.59. The van der Waals surface area contributed by atoms with Crippen LogP contribution in [0.5, 0.6) is 0 Å². The molecule has 0 radical (unpaired) electrons. The zero-order valence-electron chi connectivity index (χ0n) is 16.5. The first-order valence-electron chi connectivity index (χ1n) is 9.48. The lowest BCUT2D eigenvalue weighted by atomic mass is 10.1. The minimum absolute atomic E-state index is 0.0363. The van der Waals surface area contributed by atoms with Crippen LogP contribution < -0.4 is 4.72 Å². The van der Waals surface area contributed by atoms with Crippen molar-refractivity contribution >= 4 is 27.5 Å². The smallest absolute Gasteiger partial charge is 0.255 e. The third-order valence-corrected chi connectivity index (χ3v) is 6.64. The maximum atomic E-state index is 13.0. The predicted octanol–water partition coefficient (Wildman–Crippen LogP) is 2.38. The van der Waals surface area contributed by atoms with Gasteiger partial charge >= 0.3 is 0 Å². The summed E-state index contributed by atoms with van der Waals surface area (Å²) in [6, 6.07) is 7.92. The van der Waals surface area contributed by atoms with Crippen molar-refractivity contribution < 1.29 is 13.2 Å². The van der Waals surface area contributed by atoms with E-state index in [0.717, 1.165) is 25.2 Å². The molecular weight excluding hydrogens is 412 g/mol. The van der Waals surface area contributed by atoms with E-state index in [4.69, 9.17) is 11.6 Å². The molecule has 1 aliphatic rings. The lowest BCUT2D eigenvalue weighted by Crippen LogP contribution is -2.48. The van der Waals surface area contributed by atoms with Crippen molar-refractivity contribution in [3.05, 3.63) is 58.9 Å². The van der Waals surface area contributed by atoms with Crippen LogP contribution in [-0.4, -0.2) is 61.3 Å². The molecule has 2 heterocycles. The quantitative estimate of drug-likeness (QED) is 0.751. The van der Waals surface area contributed by atoms with Crippen LogP contribution in [0, 0.1) is 0 Å². The molecule has 0 aliphatic carbocycles. The molecule has 1 aliphatic heterocycles. The number of sulfonamides is 1. The number of halogens is 1. The molecule has 7 nitrogen and oxygen atoms in total. The van der Waals surface area contributed by atoms with Crippen LogP contribution >= 0.6 is 11.6 Å². The Bertz CT molecular complexity index is 959. The Labute approximate surface area is 176 Å². The van der Waals surface area contributed by atoms with Crippen molar-refractivity contribution in [2.24, 2.45) is 0 Å². The van der Waals surface area contributed by atoms with Gasteiger partial charge in [-0.25, -0.2) is 13.1 Å². The van der Waals surface area contributed by atoms with Gasteiger partial charge in [-0.15, -0.1) is 0 Å². The molecule has 0 spiro atoms. The summed E-state index contributed by atoms with van der Waals surface area (Å²) in [4.78, 5) is 21.1. The molecule has 156 valence electrons. The molecule has 1 N–H and O–H groups in total. The zero-order valence-corrected chi connectivity index (χ0v) is 18.1. The summed E-state index contributed by atoms with van der Waals surface area (Å²) in [5, 5.41) is 0.247.